The van der Waals surface area contributed by atoms with Gasteiger partial charge in [-0.25, -0.2) is 4.98 Å². The molecule has 0 spiro atoms. The molecule has 0 bridgehead atoms. The molecule has 72 valence electrons. The van der Waals surface area contributed by atoms with E-state index in [1.807, 2.05) is 48.8 Å². The Morgan fingerprint density at radius 2 is 1.71 bits per heavy atom. The summed E-state index contributed by atoms with van der Waals surface area (Å²) in [6, 6.07) is 5.41. The van der Waals surface area contributed by atoms with Gasteiger partial charge in [0.05, 0.1) is 0 Å². The molecule has 0 aliphatic carbocycles. The fourth-order valence-corrected chi connectivity index (χ4v) is 0.877. The Morgan fingerprint density at radius 1 is 1.00 bits per heavy atom. The number of halogens is 1. The van der Waals surface area contributed by atoms with Gasteiger partial charge in [0.25, 0.3) is 0 Å². The Balaban J connectivity index is 0.000000140. The summed E-state index contributed by atoms with van der Waals surface area (Å²) in [4.78, 5) is 3.74. The fraction of sp³-hybridized carbons (Fsp3) is 0. The minimum absolute atomic E-state index is 0.544. The molecule has 0 radical (unpaired) electrons. The zero-order chi connectivity index (χ0) is 10.1. The van der Waals surface area contributed by atoms with Gasteiger partial charge in [0, 0.05) is 18.6 Å². The van der Waals surface area contributed by atoms with E-state index in [9.17, 15) is 0 Å². The third kappa shape index (κ3) is 5.17. The van der Waals surface area contributed by atoms with Crippen LogP contribution in [0.5, 0.6) is 0 Å². The van der Waals surface area contributed by atoms with E-state index in [4.69, 9.17) is 11.6 Å². The summed E-state index contributed by atoms with van der Waals surface area (Å²) in [6.45, 7) is 0. The average Bonchev–Trinajstić information content (AvgIpc) is 2.51. The molecule has 14 heavy (non-hydrogen) atoms. The molecule has 1 aromatic rings. The summed E-state index contributed by atoms with van der Waals surface area (Å²) in [6.07, 6.45) is 13.2. The van der Waals surface area contributed by atoms with Crippen LogP contribution in [0.1, 0.15) is 0 Å². The highest BCUT2D eigenvalue weighted by Gasteiger charge is 1.76. The lowest BCUT2D eigenvalue weighted by Gasteiger charge is -1.79. The molecule has 1 N–H and O–H groups in total. The van der Waals surface area contributed by atoms with Crippen molar-refractivity contribution in [1.29, 1.82) is 0 Å². The highest BCUT2D eigenvalue weighted by molar-refractivity contribution is 6.29. The van der Waals surface area contributed by atoms with Crippen LogP contribution in [-0.2, 0) is 0 Å². The van der Waals surface area contributed by atoms with E-state index in [0.717, 1.165) is 0 Å². The third-order valence-electron chi connectivity index (χ3n) is 1.35. The number of hydrogen-bond donors (Lipinski definition) is 1. The quantitative estimate of drug-likeness (QED) is 0.661. The second kappa shape index (κ2) is 6.92. The summed E-state index contributed by atoms with van der Waals surface area (Å²) in [7, 11) is 0. The van der Waals surface area contributed by atoms with Crippen LogP contribution in [0, 0.1) is 0 Å². The molecule has 2 nitrogen and oxygen atoms in total. The molecule has 0 fully saturated rings. The molecule has 0 unspecified atom stereocenters. The first-order valence-electron chi connectivity index (χ1n) is 4.20. The topological polar surface area (TPSA) is 24.9 Å². The number of nitrogens with zero attached hydrogens (tertiary/aromatic N) is 1. The summed E-state index contributed by atoms with van der Waals surface area (Å²) < 4.78 is 0. The number of rotatable bonds is 0. The van der Waals surface area contributed by atoms with Gasteiger partial charge in [-0.05, 0) is 24.3 Å². The second-order valence-electron chi connectivity index (χ2n) is 2.42. The molecule has 1 aliphatic rings. The first-order valence-corrected chi connectivity index (χ1v) is 4.58. The maximum atomic E-state index is 5.43. The van der Waals surface area contributed by atoms with Crippen molar-refractivity contribution in [3.05, 3.63) is 66.3 Å². The zero-order valence-corrected chi connectivity index (χ0v) is 8.35. The second-order valence-corrected chi connectivity index (χ2v) is 2.81. The molecular weight excluding hydrogens is 196 g/mol. The molecule has 0 saturated heterocycles. The van der Waals surface area contributed by atoms with Crippen molar-refractivity contribution in [2.24, 2.45) is 0 Å². The molecule has 0 saturated carbocycles. The molecule has 0 aromatic carbocycles. The van der Waals surface area contributed by atoms with E-state index in [1.165, 1.54) is 0 Å². The van der Waals surface area contributed by atoms with Crippen LogP contribution in [0.3, 0.4) is 0 Å². The van der Waals surface area contributed by atoms with E-state index >= 15 is 0 Å². The van der Waals surface area contributed by atoms with Gasteiger partial charge in [-0.2, -0.15) is 0 Å². The monoisotopic (exact) mass is 206 g/mol. The van der Waals surface area contributed by atoms with Crippen LogP contribution < -0.4 is 5.32 Å². The lowest BCUT2D eigenvalue weighted by atomic mass is 10.5. The van der Waals surface area contributed by atoms with Gasteiger partial charge in [0.1, 0.15) is 5.15 Å². The van der Waals surface area contributed by atoms with E-state index in [0.29, 0.717) is 5.15 Å². The maximum Gasteiger partial charge on any atom is 0.129 e. The van der Waals surface area contributed by atoms with Gasteiger partial charge < -0.3 is 5.32 Å². The summed E-state index contributed by atoms with van der Waals surface area (Å²) >= 11 is 5.43. The summed E-state index contributed by atoms with van der Waals surface area (Å²) in [5.41, 5.74) is 0. The van der Waals surface area contributed by atoms with Crippen molar-refractivity contribution in [3.63, 3.8) is 0 Å². The third-order valence-corrected chi connectivity index (χ3v) is 1.57. The molecule has 1 aromatic heterocycles. The molecule has 2 heterocycles. The highest BCUT2D eigenvalue weighted by Crippen LogP contribution is 1.98. The van der Waals surface area contributed by atoms with Crippen molar-refractivity contribution in [3.8, 4) is 0 Å². The molecule has 1 aliphatic heterocycles. The van der Waals surface area contributed by atoms with Crippen LogP contribution >= 0.6 is 11.6 Å². The fourth-order valence-electron chi connectivity index (χ4n) is 0.748. The number of allylic oxidation sites excluding steroid dienone is 4. The Hall–Kier alpha value is -1.54. The van der Waals surface area contributed by atoms with Crippen LogP contribution in [0.25, 0.3) is 0 Å². The van der Waals surface area contributed by atoms with E-state index < -0.39 is 0 Å². The van der Waals surface area contributed by atoms with Crippen molar-refractivity contribution in [2.75, 3.05) is 0 Å². The normalized spacial score (nSPS) is 12.4. The lowest BCUT2D eigenvalue weighted by molar-refractivity contribution is 1.20. The molecule has 3 heteroatoms. The number of hydrogen-bond acceptors (Lipinski definition) is 2. The van der Waals surface area contributed by atoms with Crippen LogP contribution in [0.4, 0.5) is 0 Å². The van der Waals surface area contributed by atoms with Crippen LogP contribution in [0.15, 0.2) is 61.1 Å². The minimum atomic E-state index is 0.544. The highest BCUT2D eigenvalue weighted by atomic mass is 35.5. The Bertz CT molecular complexity index is 314. The van der Waals surface area contributed by atoms with Gasteiger partial charge in [0.2, 0.25) is 0 Å². The Labute approximate surface area is 88.6 Å². The zero-order valence-electron chi connectivity index (χ0n) is 7.60. The number of nitrogens with one attached hydrogen (secondary N) is 1. The van der Waals surface area contributed by atoms with Crippen molar-refractivity contribution in [2.45, 2.75) is 0 Å². The van der Waals surface area contributed by atoms with Gasteiger partial charge in [-0.1, -0.05) is 29.8 Å². The first kappa shape index (κ1) is 10.5. The predicted molar refractivity (Wildman–Crippen MR) is 59.8 cm³/mol. The molecule has 0 amide bonds. The van der Waals surface area contributed by atoms with E-state index in [2.05, 4.69) is 10.3 Å². The molecular formula is C11H11ClN2. The lowest BCUT2D eigenvalue weighted by Crippen LogP contribution is -1.87. The van der Waals surface area contributed by atoms with Gasteiger partial charge in [-0.15, -0.1) is 0 Å². The predicted octanol–water partition coefficient (Wildman–Crippen LogP) is 2.91. The van der Waals surface area contributed by atoms with Crippen LogP contribution in [-0.4, -0.2) is 4.98 Å². The number of aromatic nitrogens is 1. The largest absolute Gasteiger partial charge is 0.368 e. The van der Waals surface area contributed by atoms with Crippen LogP contribution in [0.2, 0.25) is 5.15 Å². The smallest absolute Gasteiger partial charge is 0.129 e. The first-order chi connectivity index (χ1) is 6.89. The van der Waals surface area contributed by atoms with Crippen molar-refractivity contribution in [1.82, 2.24) is 10.3 Å². The Morgan fingerprint density at radius 3 is 2.14 bits per heavy atom. The summed E-state index contributed by atoms with van der Waals surface area (Å²) in [5.74, 6) is 0. The van der Waals surface area contributed by atoms with Crippen molar-refractivity contribution >= 4 is 11.6 Å². The van der Waals surface area contributed by atoms with Gasteiger partial charge in [-0.3, -0.25) is 0 Å². The van der Waals surface area contributed by atoms with Crippen molar-refractivity contribution < 1.29 is 0 Å². The standard InChI is InChI=1S/C6H7N.C5H4ClN/c1-2-4-6-7-5-3-1;6-5-3-1-2-4-7-5/h1-7H;1-4H. The summed E-state index contributed by atoms with van der Waals surface area (Å²) in [5, 5.41) is 3.47. The average molecular weight is 207 g/mol. The molecule has 2 rings (SSSR count). The van der Waals surface area contributed by atoms with Gasteiger partial charge in [0.15, 0.2) is 0 Å². The number of pyridine rings is 1. The van der Waals surface area contributed by atoms with E-state index in [1.54, 1.807) is 12.3 Å². The molecule has 0 atom stereocenters. The van der Waals surface area contributed by atoms with Gasteiger partial charge >= 0.3 is 0 Å². The SMILES string of the molecule is C1=CC=CNC=C1.Clc1ccccn1. The minimum Gasteiger partial charge on any atom is -0.368 e. The van der Waals surface area contributed by atoms with E-state index in [-0.39, 0.29) is 0 Å². The Kier molecular flexibility index (Phi) is 5.21. The maximum absolute atomic E-state index is 5.43.